The molecule has 1 aromatic carbocycles. The first-order valence-corrected chi connectivity index (χ1v) is 6.25. The van der Waals surface area contributed by atoms with Crippen LogP contribution in [0.1, 0.15) is 37.3 Å². The zero-order valence-corrected chi connectivity index (χ0v) is 10.2. The average Bonchev–Trinajstić information content (AvgIpc) is 3.18. The number of nitriles is 1. The van der Waals surface area contributed by atoms with E-state index in [1.807, 2.05) is 24.3 Å². The van der Waals surface area contributed by atoms with Crippen LogP contribution in [-0.2, 0) is 0 Å². The second kappa shape index (κ2) is 5.65. The Morgan fingerprint density at radius 1 is 1.53 bits per heavy atom. The van der Waals surface area contributed by atoms with E-state index in [4.69, 9.17) is 5.26 Å². The fourth-order valence-corrected chi connectivity index (χ4v) is 1.77. The van der Waals surface area contributed by atoms with E-state index in [2.05, 4.69) is 24.4 Å². The largest absolute Gasteiger partial charge is 0.310 e. The van der Waals surface area contributed by atoms with Gasteiger partial charge >= 0.3 is 0 Å². The minimum Gasteiger partial charge on any atom is -0.310 e. The van der Waals surface area contributed by atoms with Gasteiger partial charge in [-0.2, -0.15) is 5.26 Å². The third kappa shape index (κ3) is 3.72. The Hall–Kier alpha value is -1.59. The van der Waals surface area contributed by atoms with Crippen LogP contribution in [0.25, 0.3) is 6.08 Å². The highest BCUT2D eigenvalue weighted by Gasteiger charge is 2.19. The lowest BCUT2D eigenvalue weighted by molar-refractivity contribution is 0.723. The van der Waals surface area contributed by atoms with Crippen molar-refractivity contribution in [1.82, 2.24) is 5.32 Å². The maximum absolute atomic E-state index is 8.85. The Morgan fingerprint density at radius 2 is 2.35 bits per heavy atom. The molecule has 0 amide bonds. The van der Waals surface area contributed by atoms with Gasteiger partial charge in [-0.05, 0) is 37.0 Å². The van der Waals surface area contributed by atoms with Crippen LogP contribution < -0.4 is 5.32 Å². The molecule has 0 saturated heterocycles. The van der Waals surface area contributed by atoms with Gasteiger partial charge in [0.05, 0.1) is 11.6 Å². The first kappa shape index (κ1) is 11.9. The molecule has 1 aliphatic carbocycles. The van der Waals surface area contributed by atoms with E-state index in [9.17, 15) is 0 Å². The summed E-state index contributed by atoms with van der Waals surface area (Å²) in [6, 6.07) is 10.7. The van der Waals surface area contributed by atoms with E-state index < -0.39 is 0 Å². The SMILES string of the molecule is CCC(=Cc1cccc(C#N)c1)CNC1CC1. The summed E-state index contributed by atoms with van der Waals surface area (Å²) < 4.78 is 0. The lowest BCUT2D eigenvalue weighted by Crippen LogP contribution is -2.18. The van der Waals surface area contributed by atoms with Gasteiger partial charge in [-0.15, -0.1) is 0 Å². The van der Waals surface area contributed by atoms with Crippen molar-refractivity contribution >= 4 is 6.08 Å². The van der Waals surface area contributed by atoms with Crippen molar-refractivity contribution in [3.05, 3.63) is 41.0 Å². The maximum atomic E-state index is 8.85. The van der Waals surface area contributed by atoms with Crippen LogP contribution in [0.3, 0.4) is 0 Å². The summed E-state index contributed by atoms with van der Waals surface area (Å²) in [6.07, 6.45) is 5.88. The average molecular weight is 226 g/mol. The minimum absolute atomic E-state index is 0.726. The molecular weight excluding hydrogens is 208 g/mol. The molecule has 1 aliphatic rings. The van der Waals surface area contributed by atoms with E-state index in [-0.39, 0.29) is 0 Å². The molecule has 1 saturated carbocycles. The van der Waals surface area contributed by atoms with E-state index in [1.54, 1.807) is 0 Å². The van der Waals surface area contributed by atoms with Crippen molar-refractivity contribution in [2.24, 2.45) is 0 Å². The van der Waals surface area contributed by atoms with E-state index >= 15 is 0 Å². The molecule has 1 N–H and O–H groups in total. The molecular formula is C15H18N2. The molecule has 0 bridgehead atoms. The fraction of sp³-hybridized carbons (Fsp3) is 0.400. The molecule has 0 unspecified atom stereocenters. The molecule has 1 aromatic rings. The predicted octanol–water partition coefficient (Wildman–Crippen LogP) is 3.10. The Labute approximate surface area is 103 Å². The smallest absolute Gasteiger partial charge is 0.0991 e. The molecule has 2 rings (SSSR count). The molecule has 0 radical (unpaired) electrons. The van der Waals surface area contributed by atoms with Gasteiger partial charge in [-0.1, -0.05) is 30.7 Å². The number of hydrogen-bond acceptors (Lipinski definition) is 2. The van der Waals surface area contributed by atoms with Gasteiger partial charge in [0.15, 0.2) is 0 Å². The summed E-state index contributed by atoms with van der Waals surface area (Å²) in [7, 11) is 0. The molecule has 0 aromatic heterocycles. The molecule has 0 heterocycles. The highest BCUT2D eigenvalue weighted by Crippen LogP contribution is 2.19. The summed E-state index contributed by atoms with van der Waals surface area (Å²) >= 11 is 0. The summed E-state index contributed by atoms with van der Waals surface area (Å²) in [5, 5.41) is 12.4. The highest BCUT2D eigenvalue weighted by atomic mass is 14.9. The van der Waals surface area contributed by atoms with Crippen LogP contribution in [0.2, 0.25) is 0 Å². The van der Waals surface area contributed by atoms with Gasteiger partial charge in [-0.3, -0.25) is 0 Å². The van der Waals surface area contributed by atoms with Gasteiger partial charge in [0.25, 0.3) is 0 Å². The normalized spacial score (nSPS) is 15.6. The van der Waals surface area contributed by atoms with E-state index in [0.717, 1.165) is 30.1 Å². The topological polar surface area (TPSA) is 35.8 Å². The van der Waals surface area contributed by atoms with E-state index in [0.29, 0.717) is 0 Å². The summed E-state index contributed by atoms with van der Waals surface area (Å²) in [5.41, 5.74) is 3.25. The molecule has 0 spiro atoms. The molecule has 0 atom stereocenters. The van der Waals surface area contributed by atoms with Gasteiger partial charge in [0.1, 0.15) is 0 Å². The minimum atomic E-state index is 0.726. The van der Waals surface area contributed by atoms with Crippen LogP contribution in [0.5, 0.6) is 0 Å². The first-order valence-electron chi connectivity index (χ1n) is 6.25. The van der Waals surface area contributed by atoms with Gasteiger partial charge < -0.3 is 5.32 Å². The maximum Gasteiger partial charge on any atom is 0.0991 e. The Morgan fingerprint density at radius 3 is 3.00 bits per heavy atom. The Bertz CT molecular complexity index is 450. The van der Waals surface area contributed by atoms with Crippen LogP contribution in [0, 0.1) is 11.3 Å². The van der Waals surface area contributed by atoms with E-state index in [1.165, 1.54) is 18.4 Å². The number of hydrogen-bond donors (Lipinski definition) is 1. The van der Waals surface area contributed by atoms with Crippen molar-refractivity contribution in [2.75, 3.05) is 6.54 Å². The second-order valence-corrected chi connectivity index (χ2v) is 4.55. The quantitative estimate of drug-likeness (QED) is 0.837. The van der Waals surface area contributed by atoms with Crippen LogP contribution in [0.15, 0.2) is 29.8 Å². The number of nitrogens with zero attached hydrogens (tertiary/aromatic N) is 1. The summed E-state index contributed by atoms with van der Waals surface area (Å²) in [6.45, 7) is 3.15. The molecule has 17 heavy (non-hydrogen) atoms. The van der Waals surface area contributed by atoms with Crippen molar-refractivity contribution < 1.29 is 0 Å². The molecule has 2 heteroatoms. The third-order valence-corrected chi connectivity index (χ3v) is 3.04. The van der Waals surface area contributed by atoms with Gasteiger partial charge in [-0.25, -0.2) is 0 Å². The molecule has 88 valence electrons. The van der Waals surface area contributed by atoms with Gasteiger partial charge in [0.2, 0.25) is 0 Å². The van der Waals surface area contributed by atoms with Crippen LogP contribution >= 0.6 is 0 Å². The molecule has 1 fully saturated rings. The third-order valence-electron chi connectivity index (χ3n) is 3.04. The Balaban J connectivity index is 2.04. The van der Waals surface area contributed by atoms with Crippen molar-refractivity contribution in [2.45, 2.75) is 32.2 Å². The lowest BCUT2D eigenvalue weighted by atomic mass is 10.1. The van der Waals surface area contributed by atoms with Crippen molar-refractivity contribution in [3.63, 3.8) is 0 Å². The summed E-state index contributed by atoms with van der Waals surface area (Å²) in [4.78, 5) is 0. The monoisotopic (exact) mass is 226 g/mol. The summed E-state index contributed by atoms with van der Waals surface area (Å²) in [5.74, 6) is 0. The van der Waals surface area contributed by atoms with Gasteiger partial charge in [0, 0.05) is 12.6 Å². The van der Waals surface area contributed by atoms with Crippen LogP contribution in [0.4, 0.5) is 0 Å². The zero-order chi connectivity index (χ0) is 12.1. The van der Waals surface area contributed by atoms with Crippen molar-refractivity contribution in [1.29, 1.82) is 5.26 Å². The standard InChI is InChI=1S/C15H18N2/c1-2-12(11-17-15-6-7-15)8-13-4-3-5-14(9-13)10-16/h3-5,8-9,15,17H,2,6-7,11H2,1H3. The highest BCUT2D eigenvalue weighted by molar-refractivity contribution is 5.55. The number of benzene rings is 1. The lowest BCUT2D eigenvalue weighted by Gasteiger charge is -2.06. The molecule has 0 aliphatic heterocycles. The van der Waals surface area contributed by atoms with Crippen molar-refractivity contribution in [3.8, 4) is 6.07 Å². The van der Waals surface area contributed by atoms with Crippen LogP contribution in [-0.4, -0.2) is 12.6 Å². The number of rotatable bonds is 5. The first-order chi connectivity index (χ1) is 8.31. The number of nitrogens with one attached hydrogen (secondary N) is 1. The molecule has 2 nitrogen and oxygen atoms in total. The zero-order valence-electron chi connectivity index (χ0n) is 10.2. The Kier molecular flexibility index (Phi) is 3.95. The predicted molar refractivity (Wildman–Crippen MR) is 70.4 cm³/mol. The second-order valence-electron chi connectivity index (χ2n) is 4.55. The fourth-order valence-electron chi connectivity index (χ4n) is 1.77.